The van der Waals surface area contributed by atoms with E-state index in [-0.39, 0.29) is 0 Å². The number of β-amino-alcohol motifs (C(OH)–C–C–N with tert-alkyl or cyclic N) is 1. The fourth-order valence-corrected chi connectivity index (χ4v) is 3.04. The average Bonchev–Trinajstić information content (AvgIpc) is 2.31. The van der Waals surface area contributed by atoms with Crippen molar-refractivity contribution < 1.29 is 9.84 Å². The number of hydrogen-bond acceptors (Lipinski definition) is 3. The Morgan fingerprint density at radius 1 is 1.50 bits per heavy atom. The van der Waals surface area contributed by atoms with Gasteiger partial charge < -0.3 is 14.7 Å². The minimum Gasteiger partial charge on any atom is -0.497 e. The molecule has 1 saturated heterocycles. The van der Waals surface area contributed by atoms with Crippen molar-refractivity contribution in [2.24, 2.45) is 0 Å². The Morgan fingerprint density at radius 3 is 2.94 bits per heavy atom. The largest absolute Gasteiger partial charge is 0.497 e. The molecule has 2 rings (SSSR count). The third kappa shape index (κ3) is 3.25. The molecule has 1 fully saturated rings. The molecule has 0 radical (unpaired) electrons. The van der Waals surface area contributed by atoms with E-state index in [4.69, 9.17) is 4.74 Å². The maximum absolute atomic E-state index is 10.7. The van der Waals surface area contributed by atoms with Gasteiger partial charge in [0.1, 0.15) is 5.75 Å². The van der Waals surface area contributed by atoms with Gasteiger partial charge >= 0.3 is 0 Å². The van der Waals surface area contributed by atoms with Crippen LogP contribution in [0.4, 0.5) is 0 Å². The highest BCUT2D eigenvalue weighted by Gasteiger charge is 2.32. The summed E-state index contributed by atoms with van der Waals surface area (Å²) in [7, 11) is 3.72. The van der Waals surface area contributed by atoms with Crippen LogP contribution in [-0.4, -0.2) is 42.9 Å². The molecular formula is C14H20BrNO2. The number of likely N-dealkylation sites (tertiary alicyclic amines) is 1. The van der Waals surface area contributed by atoms with Crippen LogP contribution >= 0.6 is 15.9 Å². The van der Waals surface area contributed by atoms with Crippen molar-refractivity contribution >= 4 is 15.9 Å². The van der Waals surface area contributed by atoms with Crippen LogP contribution in [0.3, 0.4) is 0 Å². The molecule has 1 aromatic rings. The number of ether oxygens (including phenoxy) is 1. The van der Waals surface area contributed by atoms with Crippen LogP contribution in [-0.2, 0) is 6.42 Å². The maximum Gasteiger partial charge on any atom is 0.119 e. The molecule has 0 aromatic heterocycles. The van der Waals surface area contributed by atoms with Crippen molar-refractivity contribution in [2.75, 3.05) is 27.2 Å². The van der Waals surface area contributed by atoms with E-state index in [1.165, 1.54) is 0 Å². The van der Waals surface area contributed by atoms with Gasteiger partial charge in [-0.2, -0.15) is 0 Å². The highest BCUT2D eigenvalue weighted by molar-refractivity contribution is 9.10. The summed E-state index contributed by atoms with van der Waals surface area (Å²) in [4.78, 5) is 2.19. The van der Waals surface area contributed by atoms with Crippen LogP contribution in [0.1, 0.15) is 18.4 Å². The van der Waals surface area contributed by atoms with Gasteiger partial charge in [-0.1, -0.05) is 15.9 Å². The number of nitrogens with zero attached hydrogens (tertiary/aromatic N) is 1. The topological polar surface area (TPSA) is 32.7 Å². The summed E-state index contributed by atoms with van der Waals surface area (Å²) in [6.07, 6.45) is 2.57. The fraction of sp³-hybridized carbons (Fsp3) is 0.571. The number of methoxy groups -OCH3 is 1. The van der Waals surface area contributed by atoms with Gasteiger partial charge in [0.25, 0.3) is 0 Å². The lowest BCUT2D eigenvalue weighted by molar-refractivity contribution is -0.0225. The highest BCUT2D eigenvalue weighted by atomic mass is 79.9. The van der Waals surface area contributed by atoms with E-state index in [1.54, 1.807) is 7.11 Å². The predicted octanol–water partition coefficient (Wildman–Crippen LogP) is 2.46. The van der Waals surface area contributed by atoms with E-state index < -0.39 is 5.60 Å². The van der Waals surface area contributed by atoms with E-state index >= 15 is 0 Å². The van der Waals surface area contributed by atoms with Crippen LogP contribution in [0.2, 0.25) is 0 Å². The summed E-state index contributed by atoms with van der Waals surface area (Å²) in [5, 5.41) is 10.7. The minimum absolute atomic E-state index is 0.623. The number of benzene rings is 1. The molecule has 1 atom stereocenters. The Hall–Kier alpha value is -0.580. The van der Waals surface area contributed by atoms with Crippen LogP contribution in [0.5, 0.6) is 5.75 Å². The lowest BCUT2D eigenvalue weighted by atomic mass is 9.87. The van der Waals surface area contributed by atoms with Gasteiger partial charge in [-0.3, -0.25) is 0 Å². The molecule has 18 heavy (non-hydrogen) atoms. The molecule has 1 aromatic carbocycles. The van der Waals surface area contributed by atoms with E-state index in [0.29, 0.717) is 6.42 Å². The molecule has 1 N–H and O–H groups in total. The molecule has 1 heterocycles. The van der Waals surface area contributed by atoms with Crippen LogP contribution < -0.4 is 4.74 Å². The first-order chi connectivity index (χ1) is 8.52. The van der Waals surface area contributed by atoms with Gasteiger partial charge in [0, 0.05) is 17.4 Å². The summed E-state index contributed by atoms with van der Waals surface area (Å²) < 4.78 is 6.27. The van der Waals surface area contributed by atoms with Gasteiger partial charge in [0.15, 0.2) is 0 Å². The Bertz CT molecular complexity index is 424. The molecule has 3 nitrogen and oxygen atoms in total. The van der Waals surface area contributed by atoms with Gasteiger partial charge in [-0.25, -0.2) is 0 Å². The number of hydrogen-bond donors (Lipinski definition) is 1. The first-order valence-electron chi connectivity index (χ1n) is 6.26. The Labute approximate surface area is 117 Å². The van der Waals surface area contributed by atoms with Crippen LogP contribution in [0.15, 0.2) is 22.7 Å². The van der Waals surface area contributed by atoms with Crippen LogP contribution in [0, 0.1) is 0 Å². The number of halogens is 1. The van der Waals surface area contributed by atoms with Crippen molar-refractivity contribution in [1.29, 1.82) is 0 Å². The second-order valence-corrected chi connectivity index (χ2v) is 6.05. The first kappa shape index (κ1) is 13.8. The number of piperidine rings is 1. The summed E-state index contributed by atoms with van der Waals surface area (Å²) in [6, 6.07) is 5.89. The van der Waals surface area contributed by atoms with Crippen molar-refractivity contribution in [2.45, 2.75) is 24.9 Å². The number of aliphatic hydroxyl groups is 1. The normalized spacial score (nSPS) is 25.1. The third-order valence-electron chi connectivity index (χ3n) is 3.52. The SMILES string of the molecule is COc1ccc(Br)c(CC2(O)CCCN(C)C2)c1. The smallest absolute Gasteiger partial charge is 0.119 e. The van der Waals surface area contributed by atoms with Gasteiger partial charge in [0.05, 0.1) is 12.7 Å². The molecule has 1 unspecified atom stereocenters. The predicted molar refractivity (Wildman–Crippen MR) is 76.1 cm³/mol. The molecule has 0 spiro atoms. The molecule has 4 heteroatoms. The molecule has 0 bridgehead atoms. The molecule has 1 aliphatic heterocycles. The second kappa shape index (κ2) is 5.59. The second-order valence-electron chi connectivity index (χ2n) is 5.20. The zero-order valence-electron chi connectivity index (χ0n) is 10.9. The van der Waals surface area contributed by atoms with Gasteiger partial charge in [-0.05, 0) is 50.2 Å². The maximum atomic E-state index is 10.7. The Balaban J connectivity index is 2.17. The minimum atomic E-state index is -0.623. The third-order valence-corrected chi connectivity index (χ3v) is 4.29. The van der Waals surface area contributed by atoms with Crippen molar-refractivity contribution in [1.82, 2.24) is 4.90 Å². The van der Waals surface area contributed by atoms with E-state index in [9.17, 15) is 5.11 Å². The number of likely N-dealkylation sites (N-methyl/N-ethyl adjacent to an activating group) is 1. The lowest BCUT2D eigenvalue weighted by Gasteiger charge is -2.37. The van der Waals surface area contributed by atoms with Crippen LogP contribution in [0.25, 0.3) is 0 Å². The quantitative estimate of drug-likeness (QED) is 0.930. The molecule has 0 amide bonds. The zero-order valence-corrected chi connectivity index (χ0v) is 12.5. The summed E-state index contributed by atoms with van der Waals surface area (Å²) >= 11 is 3.55. The van der Waals surface area contributed by atoms with Crippen molar-refractivity contribution in [3.63, 3.8) is 0 Å². The molecule has 100 valence electrons. The molecular weight excluding hydrogens is 294 g/mol. The molecule has 1 aliphatic rings. The van der Waals surface area contributed by atoms with E-state index in [1.807, 2.05) is 18.2 Å². The van der Waals surface area contributed by atoms with Crippen molar-refractivity contribution in [3.05, 3.63) is 28.2 Å². The summed E-state index contributed by atoms with van der Waals surface area (Å²) in [5.41, 5.74) is 0.481. The summed E-state index contributed by atoms with van der Waals surface area (Å²) in [6.45, 7) is 1.80. The first-order valence-corrected chi connectivity index (χ1v) is 7.05. The number of rotatable bonds is 3. The monoisotopic (exact) mass is 313 g/mol. The standard InChI is InChI=1S/C14H20BrNO2/c1-16-7-3-6-14(17,10-16)9-11-8-12(18-2)4-5-13(11)15/h4-5,8,17H,3,6-7,9-10H2,1-2H3. The van der Waals surface area contributed by atoms with E-state index in [2.05, 4.69) is 27.9 Å². The average molecular weight is 314 g/mol. The van der Waals surface area contributed by atoms with Crippen molar-refractivity contribution in [3.8, 4) is 5.75 Å². The lowest BCUT2D eigenvalue weighted by Crippen LogP contribution is -2.47. The highest BCUT2D eigenvalue weighted by Crippen LogP contribution is 2.30. The fourth-order valence-electron chi connectivity index (χ4n) is 2.65. The zero-order chi connectivity index (χ0) is 13.2. The Morgan fingerprint density at radius 2 is 2.28 bits per heavy atom. The van der Waals surface area contributed by atoms with E-state index in [0.717, 1.165) is 41.7 Å². The summed E-state index contributed by atoms with van der Waals surface area (Å²) in [5.74, 6) is 0.834. The molecule has 0 saturated carbocycles. The van der Waals surface area contributed by atoms with Gasteiger partial charge in [-0.15, -0.1) is 0 Å². The Kier molecular flexibility index (Phi) is 4.30. The molecule has 0 aliphatic carbocycles. The van der Waals surface area contributed by atoms with Gasteiger partial charge in [0.2, 0.25) is 0 Å².